The second kappa shape index (κ2) is 2.62. The molecule has 1 aliphatic heterocycles. The van der Waals surface area contributed by atoms with Crippen molar-refractivity contribution in [2.45, 2.75) is 0 Å². The van der Waals surface area contributed by atoms with Crippen molar-refractivity contribution in [1.29, 1.82) is 0 Å². The number of carbonyl (C=O) groups is 2. The number of hydrogen-bond acceptors (Lipinski definition) is 4. The Morgan fingerprint density at radius 1 is 1.17 bits per heavy atom. The summed E-state index contributed by atoms with van der Waals surface area (Å²) < 4.78 is 21.5. The summed E-state index contributed by atoms with van der Waals surface area (Å²) in [6, 6.07) is 0. The van der Waals surface area contributed by atoms with Crippen LogP contribution in [0, 0.1) is 0 Å². The van der Waals surface area contributed by atoms with Crippen molar-refractivity contribution in [1.82, 2.24) is 0 Å². The van der Waals surface area contributed by atoms with Gasteiger partial charge in [-0.25, -0.2) is 8.42 Å². The molecule has 0 radical (unpaired) electrons. The first-order chi connectivity index (χ1) is 5.46. The van der Waals surface area contributed by atoms with Gasteiger partial charge in [0.2, 0.25) is 0 Å². The van der Waals surface area contributed by atoms with Gasteiger partial charge in [0, 0.05) is 0 Å². The molecule has 1 fully saturated rings. The van der Waals surface area contributed by atoms with Crippen molar-refractivity contribution < 1.29 is 22.8 Å². The fourth-order valence-corrected chi connectivity index (χ4v) is 2.03. The first-order valence-electron chi connectivity index (χ1n) is 2.95. The highest BCUT2D eigenvalue weighted by Crippen LogP contribution is 2.01. The highest BCUT2D eigenvalue weighted by molar-refractivity contribution is 7.93. The van der Waals surface area contributed by atoms with Gasteiger partial charge in [-0.1, -0.05) is 0 Å². The third-order valence-electron chi connectivity index (χ3n) is 1.33. The molecule has 1 heterocycles. The van der Waals surface area contributed by atoms with Crippen molar-refractivity contribution in [2.24, 2.45) is 0 Å². The minimum absolute atomic E-state index is 0.676. The summed E-state index contributed by atoms with van der Waals surface area (Å²) in [5.41, 5.74) is 7.48. The van der Waals surface area contributed by atoms with Crippen LogP contribution in [0.15, 0.2) is 0 Å². The maximum absolute atomic E-state index is 10.8. The molecule has 12 heavy (non-hydrogen) atoms. The molecule has 0 aromatic rings. The van der Waals surface area contributed by atoms with E-state index in [9.17, 15) is 18.0 Å². The highest BCUT2D eigenvalue weighted by atomic mass is 32.2. The van der Waals surface area contributed by atoms with Crippen LogP contribution in [0.3, 0.4) is 0 Å². The van der Waals surface area contributed by atoms with Gasteiger partial charge in [-0.2, -0.15) is 4.79 Å². The van der Waals surface area contributed by atoms with Crippen LogP contribution in [0.5, 0.6) is 0 Å². The van der Waals surface area contributed by atoms with E-state index in [1.54, 1.807) is 0 Å². The quantitative estimate of drug-likeness (QED) is 0.331. The molecule has 1 rings (SSSR count). The standard InChI is InChI=1S/C5H4N2O4S/c6-7-5-3(8)1-12(10,11)2-4(5)9/h1-2H2. The van der Waals surface area contributed by atoms with Crippen LogP contribution in [0.4, 0.5) is 0 Å². The minimum atomic E-state index is -3.62. The lowest BCUT2D eigenvalue weighted by Gasteiger charge is -2.03. The zero-order valence-electron chi connectivity index (χ0n) is 5.85. The fraction of sp³-hybridized carbons (Fsp3) is 0.400. The van der Waals surface area contributed by atoms with Crippen molar-refractivity contribution >= 4 is 27.1 Å². The highest BCUT2D eigenvalue weighted by Gasteiger charge is 2.41. The molecule has 0 N–H and O–H groups in total. The van der Waals surface area contributed by atoms with Crippen molar-refractivity contribution in [3.8, 4) is 0 Å². The Morgan fingerprint density at radius 3 is 1.92 bits per heavy atom. The smallest absolute Gasteiger partial charge is 0.360 e. The molecule has 0 aromatic heterocycles. The predicted molar refractivity (Wildman–Crippen MR) is 37.3 cm³/mol. The number of ketones is 2. The maximum atomic E-state index is 10.8. The molecule has 0 atom stereocenters. The van der Waals surface area contributed by atoms with Gasteiger partial charge in [0.25, 0.3) is 11.6 Å². The van der Waals surface area contributed by atoms with Crippen LogP contribution < -0.4 is 0 Å². The van der Waals surface area contributed by atoms with Gasteiger partial charge in [-0.3, -0.25) is 9.59 Å². The van der Waals surface area contributed by atoms with Crippen LogP contribution in [0.1, 0.15) is 0 Å². The Bertz CT molecular complexity index is 375. The van der Waals surface area contributed by atoms with Gasteiger partial charge in [-0.05, 0) is 0 Å². The van der Waals surface area contributed by atoms with Gasteiger partial charge in [-0.15, -0.1) is 0 Å². The lowest BCUT2D eigenvalue weighted by Crippen LogP contribution is -2.41. The number of Topliss-reactive ketones (excluding diaryl/α,β-unsaturated/α-hetero) is 2. The van der Waals surface area contributed by atoms with E-state index in [-0.39, 0.29) is 0 Å². The molecular formula is C5H4N2O4S. The number of sulfone groups is 1. The first kappa shape index (κ1) is 8.76. The largest absolute Gasteiger partial charge is 0.402 e. The fourth-order valence-electron chi connectivity index (χ4n) is 0.854. The van der Waals surface area contributed by atoms with Gasteiger partial charge < -0.3 is 5.53 Å². The molecule has 0 aromatic carbocycles. The van der Waals surface area contributed by atoms with Crippen molar-refractivity contribution in [3.63, 3.8) is 0 Å². The molecule has 0 bridgehead atoms. The SMILES string of the molecule is [N-]=[N+]=C1C(=O)CS(=O)(=O)CC1=O. The topological polar surface area (TPSA) is 105 Å². The van der Waals surface area contributed by atoms with E-state index in [0.29, 0.717) is 0 Å². The van der Waals surface area contributed by atoms with Crippen LogP contribution in [0.25, 0.3) is 5.53 Å². The summed E-state index contributed by atoms with van der Waals surface area (Å²) >= 11 is 0. The van der Waals surface area contributed by atoms with Crippen molar-refractivity contribution in [3.05, 3.63) is 5.53 Å². The normalized spacial score (nSPS) is 22.2. The van der Waals surface area contributed by atoms with E-state index >= 15 is 0 Å². The summed E-state index contributed by atoms with van der Waals surface area (Å²) in [5.74, 6) is -3.40. The van der Waals surface area contributed by atoms with E-state index in [4.69, 9.17) is 5.53 Å². The van der Waals surface area contributed by atoms with Gasteiger partial charge in [0.1, 0.15) is 11.5 Å². The number of carbonyl (C=O) groups excluding carboxylic acids is 2. The Hall–Kier alpha value is -1.33. The van der Waals surface area contributed by atoms with Crippen LogP contribution in [-0.4, -0.2) is 42.0 Å². The molecule has 0 unspecified atom stereocenters. The van der Waals surface area contributed by atoms with Gasteiger partial charge >= 0.3 is 5.71 Å². The monoisotopic (exact) mass is 188 g/mol. The van der Waals surface area contributed by atoms with Crippen LogP contribution >= 0.6 is 0 Å². The van der Waals surface area contributed by atoms with E-state index in [1.807, 2.05) is 0 Å². The number of rotatable bonds is 0. The molecular weight excluding hydrogens is 184 g/mol. The lowest BCUT2D eigenvalue weighted by atomic mass is 10.2. The average Bonchev–Trinajstić information content (AvgIpc) is 1.82. The molecule has 0 aliphatic carbocycles. The van der Waals surface area contributed by atoms with E-state index in [2.05, 4.69) is 4.79 Å². The zero-order chi connectivity index (χ0) is 9.35. The Kier molecular flexibility index (Phi) is 1.91. The first-order valence-corrected chi connectivity index (χ1v) is 4.77. The second-order valence-electron chi connectivity index (χ2n) is 2.33. The zero-order valence-corrected chi connectivity index (χ0v) is 6.67. The number of nitrogens with zero attached hydrogens (tertiary/aromatic N) is 2. The van der Waals surface area contributed by atoms with Crippen LogP contribution in [0.2, 0.25) is 0 Å². The summed E-state index contributed by atoms with van der Waals surface area (Å²) in [6.07, 6.45) is 0. The molecule has 64 valence electrons. The Morgan fingerprint density at radius 2 is 1.58 bits per heavy atom. The third-order valence-corrected chi connectivity index (χ3v) is 2.73. The molecule has 0 amide bonds. The maximum Gasteiger partial charge on any atom is 0.402 e. The minimum Gasteiger partial charge on any atom is -0.360 e. The summed E-state index contributed by atoms with van der Waals surface area (Å²) in [6.45, 7) is 0. The predicted octanol–water partition coefficient (Wildman–Crippen LogP) is -1.78. The van der Waals surface area contributed by atoms with Crippen molar-refractivity contribution in [2.75, 3.05) is 11.5 Å². The van der Waals surface area contributed by atoms with E-state index in [0.717, 1.165) is 0 Å². The summed E-state index contributed by atoms with van der Waals surface area (Å²) in [7, 11) is -3.62. The van der Waals surface area contributed by atoms with E-state index < -0.39 is 38.6 Å². The molecule has 6 nitrogen and oxygen atoms in total. The van der Waals surface area contributed by atoms with Gasteiger partial charge in [0.05, 0.1) is 0 Å². The van der Waals surface area contributed by atoms with Gasteiger partial charge in [0.15, 0.2) is 9.84 Å². The lowest BCUT2D eigenvalue weighted by molar-refractivity contribution is -0.122. The molecule has 0 saturated carbocycles. The Balaban J connectivity index is 3.18. The second-order valence-corrected chi connectivity index (χ2v) is 4.39. The summed E-state index contributed by atoms with van der Waals surface area (Å²) in [4.78, 5) is 23.9. The Labute approximate surface area is 67.7 Å². The van der Waals surface area contributed by atoms with Crippen LogP contribution in [-0.2, 0) is 19.4 Å². The molecule has 0 spiro atoms. The third kappa shape index (κ3) is 1.46. The molecule has 1 saturated heterocycles. The molecule has 1 aliphatic rings. The summed E-state index contributed by atoms with van der Waals surface area (Å²) in [5, 5.41) is 0. The molecule has 7 heteroatoms. The van der Waals surface area contributed by atoms with E-state index in [1.165, 1.54) is 0 Å². The average molecular weight is 188 g/mol. The number of hydrogen-bond donors (Lipinski definition) is 0.